The molecule has 0 saturated heterocycles. The van der Waals surface area contributed by atoms with Gasteiger partial charge in [0.15, 0.2) is 0 Å². The molecule has 0 aliphatic rings. The van der Waals surface area contributed by atoms with Crippen LogP contribution in [0.1, 0.15) is 20.6 Å². The molecule has 0 bridgehead atoms. The molecule has 0 aliphatic heterocycles. The summed E-state index contributed by atoms with van der Waals surface area (Å²) in [5.41, 5.74) is 0.468. The second-order valence-corrected chi connectivity index (χ2v) is 11.4. The topological polar surface area (TPSA) is 29.5 Å². The predicted molar refractivity (Wildman–Crippen MR) is 204 cm³/mol. The predicted octanol–water partition coefficient (Wildman–Crippen LogP) is 13.4. The van der Waals surface area contributed by atoms with Crippen molar-refractivity contribution >= 4 is 71.7 Å². The van der Waals surface area contributed by atoms with E-state index in [-0.39, 0.29) is 5.69 Å². The molecular formula is C46H29NO2. The summed E-state index contributed by atoms with van der Waals surface area (Å²) < 4.78 is 147. The van der Waals surface area contributed by atoms with E-state index in [2.05, 4.69) is 0 Å². The summed E-state index contributed by atoms with van der Waals surface area (Å²) in [5, 5.41) is 2.31. The average Bonchev–Trinajstić information content (AvgIpc) is 3.86. The molecule has 0 amide bonds. The lowest BCUT2D eigenvalue weighted by Gasteiger charge is -2.25. The van der Waals surface area contributed by atoms with E-state index in [4.69, 9.17) is 22.5 Å². The number of benzene rings is 8. The zero-order valence-corrected chi connectivity index (χ0v) is 25.3. The SMILES string of the molecule is [2H]c1c([2H])c([2H])c(-c2c([2H])c([2H])c([2H])c3c([2H])c([2H])c(-c4c([2H])c([2H])c(N(c5ccc6c(c5)oc5ccccc56)c5ccc6c(c5)oc5ccccc56)c([2H])c4[2H])c([2H])c23)c([2H])c1[2H]. The number of para-hydroxylation sites is 2. The van der Waals surface area contributed by atoms with E-state index in [1.165, 1.54) is 4.90 Å². The molecule has 49 heavy (non-hydrogen) atoms. The van der Waals surface area contributed by atoms with Gasteiger partial charge in [0, 0.05) is 50.7 Å². The van der Waals surface area contributed by atoms with E-state index in [0.717, 1.165) is 21.5 Å². The summed E-state index contributed by atoms with van der Waals surface area (Å²) in [6.45, 7) is 0. The van der Waals surface area contributed by atoms with Crippen LogP contribution in [-0.4, -0.2) is 0 Å². The van der Waals surface area contributed by atoms with Crippen LogP contribution in [0, 0.1) is 0 Å². The minimum absolute atomic E-state index is 0.227. The summed E-state index contributed by atoms with van der Waals surface area (Å²) in [6.07, 6.45) is 0. The highest BCUT2D eigenvalue weighted by atomic mass is 16.3. The third-order valence-electron chi connectivity index (χ3n) is 8.51. The molecule has 3 nitrogen and oxygen atoms in total. The van der Waals surface area contributed by atoms with Gasteiger partial charge in [-0.15, -0.1) is 0 Å². The van der Waals surface area contributed by atoms with Crippen molar-refractivity contribution in [2.75, 3.05) is 4.90 Å². The van der Waals surface area contributed by atoms with Gasteiger partial charge in [0.2, 0.25) is 0 Å². The van der Waals surface area contributed by atoms with E-state index >= 15 is 0 Å². The minimum atomic E-state index is -0.791. The van der Waals surface area contributed by atoms with Gasteiger partial charge in [-0.3, -0.25) is 0 Å². The molecule has 8 aromatic carbocycles. The first-order valence-corrected chi connectivity index (χ1v) is 15.4. The van der Waals surface area contributed by atoms with Gasteiger partial charge < -0.3 is 13.7 Å². The maximum atomic E-state index is 9.57. The van der Waals surface area contributed by atoms with Crippen LogP contribution in [-0.2, 0) is 0 Å². The molecule has 10 rings (SSSR count). The third kappa shape index (κ3) is 4.59. The van der Waals surface area contributed by atoms with Crippen molar-refractivity contribution < 1.29 is 29.4 Å². The van der Waals surface area contributed by atoms with Gasteiger partial charge in [-0.25, -0.2) is 0 Å². The van der Waals surface area contributed by atoms with E-state index in [9.17, 15) is 6.85 Å². The fourth-order valence-electron chi connectivity index (χ4n) is 6.25. The molecular weight excluding hydrogens is 599 g/mol. The molecule has 0 atom stereocenters. The molecule has 0 aliphatic carbocycles. The van der Waals surface area contributed by atoms with Crippen LogP contribution in [0.5, 0.6) is 0 Å². The maximum Gasteiger partial charge on any atom is 0.137 e. The van der Waals surface area contributed by atoms with Gasteiger partial charge in [0.05, 0.1) is 20.6 Å². The molecule has 0 fully saturated rings. The van der Waals surface area contributed by atoms with Crippen molar-refractivity contribution in [2.24, 2.45) is 0 Å². The lowest BCUT2D eigenvalue weighted by molar-refractivity contribution is 0.669. The van der Waals surface area contributed by atoms with E-state index in [1.807, 2.05) is 60.7 Å². The van der Waals surface area contributed by atoms with Crippen molar-refractivity contribution in [3.05, 3.63) is 176 Å². The van der Waals surface area contributed by atoms with Gasteiger partial charge >= 0.3 is 0 Å². The Bertz CT molecular complexity index is 3540. The van der Waals surface area contributed by atoms with E-state index < -0.39 is 124 Å². The molecule has 0 saturated carbocycles. The van der Waals surface area contributed by atoms with Crippen LogP contribution in [0.2, 0.25) is 0 Å². The second-order valence-electron chi connectivity index (χ2n) is 11.4. The van der Waals surface area contributed by atoms with Gasteiger partial charge in [-0.1, -0.05) is 109 Å². The van der Waals surface area contributed by atoms with Crippen LogP contribution < -0.4 is 4.90 Å². The van der Waals surface area contributed by atoms with Crippen molar-refractivity contribution in [1.82, 2.24) is 0 Å². The van der Waals surface area contributed by atoms with Crippen LogP contribution >= 0.6 is 0 Å². The fraction of sp³-hybridized carbons (Fsp3) is 0. The average molecular weight is 643 g/mol. The summed E-state index contributed by atoms with van der Waals surface area (Å²) in [7, 11) is 0. The highest BCUT2D eigenvalue weighted by Gasteiger charge is 2.18. The summed E-state index contributed by atoms with van der Waals surface area (Å²) >= 11 is 0. The van der Waals surface area contributed by atoms with Crippen LogP contribution in [0.25, 0.3) is 76.9 Å². The molecule has 0 unspecified atom stereocenters. The number of furan rings is 2. The fourth-order valence-corrected chi connectivity index (χ4v) is 6.25. The number of hydrogen-bond acceptors (Lipinski definition) is 3. The largest absolute Gasteiger partial charge is 0.456 e. The first-order valence-electron chi connectivity index (χ1n) is 22.9. The van der Waals surface area contributed by atoms with Gasteiger partial charge in [-0.2, -0.15) is 0 Å². The van der Waals surface area contributed by atoms with E-state index in [1.54, 1.807) is 24.3 Å². The maximum absolute atomic E-state index is 9.57. The quantitative estimate of drug-likeness (QED) is 0.187. The van der Waals surface area contributed by atoms with Gasteiger partial charge in [0.25, 0.3) is 0 Å². The molecule has 0 N–H and O–H groups in total. The summed E-state index contributed by atoms with van der Waals surface area (Å²) in [4.78, 5) is 1.52. The van der Waals surface area contributed by atoms with Gasteiger partial charge in [-0.05, 0) is 87.6 Å². The minimum Gasteiger partial charge on any atom is -0.456 e. The highest BCUT2D eigenvalue weighted by molar-refractivity contribution is 6.08. The highest BCUT2D eigenvalue weighted by Crippen LogP contribution is 2.41. The second kappa shape index (κ2) is 11.0. The Hall–Kier alpha value is -6.58. The van der Waals surface area contributed by atoms with E-state index in [0.29, 0.717) is 33.7 Å². The third-order valence-corrected chi connectivity index (χ3v) is 8.51. The van der Waals surface area contributed by atoms with Crippen molar-refractivity contribution in [3.8, 4) is 22.3 Å². The monoisotopic (exact) mass is 642 g/mol. The van der Waals surface area contributed by atoms with Crippen molar-refractivity contribution in [1.29, 1.82) is 0 Å². The molecule has 0 radical (unpaired) electrons. The Morgan fingerprint density at radius 1 is 0.408 bits per heavy atom. The van der Waals surface area contributed by atoms with Gasteiger partial charge in [0.1, 0.15) is 22.3 Å². The summed E-state index contributed by atoms with van der Waals surface area (Å²) in [5.74, 6) is 0. The Labute approximate surface area is 303 Å². The zero-order valence-electron chi connectivity index (χ0n) is 40.3. The number of anilines is 3. The molecule has 230 valence electrons. The lowest BCUT2D eigenvalue weighted by atomic mass is 9.95. The Balaban J connectivity index is 1.26. The molecule has 10 aromatic rings. The standard InChI is InChI=1S/C46H29NO2/c1-2-9-31(10-3-1)37-14-8-11-32-17-18-33(27-42(32)37)30-19-21-34(22-20-30)47(35-23-25-40-38-12-4-6-15-43(38)48-45(40)28-35)36-24-26-41-39-13-5-7-16-44(39)49-46(41)29-36/h1-29H/i1D,2D,3D,8D,9D,10D,11D,14D,17D,18D,19D,20D,21D,22D,27D. The molecule has 2 heterocycles. The van der Waals surface area contributed by atoms with Crippen molar-refractivity contribution in [3.63, 3.8) is 0 Å². The normalized spacial score (nSPS) is 16.0. The molecule has 3 heteroatoms. The summed E-state index contributed by atoms with van der Waals surface area (Å²) in [6, 6.07) is 14.4. The molecule has 2 aromatic heterocycles. The molecule has 0 spiro atoms. The number of nitrogens with zero attached hydrogens (tertiary/aromatic N) is 1. The number of fused-ring (bicyclic) bond motifs is 7. The van der Waals surface area contributed by atoms with Crippen LogP contribution in [0.4, 0.5) is 17.1 Å². The lowest BCUT2D eigenvalue weighted by Crippen LogP contribution is -2.09. The number of hydrogen-bond donors (Lipinski definition) is 0. The van der Waals surface area contributed by atoms with Crippen molar-refractivity contribution in [2.45, 2.75) is 0 Å². The first kappa shape index (κ1) is 16.5. The van der Waals surface area contributed by atoms with Crippen LogP contribution in [0.3, 0.4) is 0 Å². The van der Waals surface area contributed by atoms with Crippen LogP contribution in [0.15, 0.2) is 184 Å². The Morgan fingerprint density at radius 3 is 1.65 bits per heavy atom. The smallest absolute Gasteiger partial charge is 0.137 e. The Kier molecular flexibility index (Phi) is 3.70. The first-order chi connectivity index (χ1) is 30.5. The number of rotatable bonds is 5. The Morgan fingerprint density at radius 2 is 1.00 bits per heavy atom. The zero-order chi connectivity index (χ0) is 45.4.